The first kappa shape index (κ1) is 10.1. The van der Waals surface area contributed by atoms with Crippen LogP contribution in [0.1, 0.15) is 10.4 Å². The molecule has 0 fully saturated rings. The number of aromatic amines is 1. The number of hydrogen-bond donors (Lipinski definition) is 2. The molecule has 0 aromatic carbocycles. The van der Waals surface area contributed by atoms with Crippen molar-refractivity contribution in [3.8, 4) is 11.6 Å². The van der Waals surface area contributed by atoms with E-state index < -0.39 is 5.97 Å². The topological polar surface area (TPSA) is 107 Å². The van der Waals surface area contributed by atoms with E-state index in [1.54, 1.807) is 12.4 Å². The second-order valence-corrected chi connectivity index (χ2v) is 2.92. The maximum atomic E-state index is 11.2. The van der Waals surface area contributed by atoms with Gasteiger partial charge in [0.05, 0.1) is 7.11 Å². The fourth-order valence-corrected chi connectivity index (χ4v) is 1.16. The molecule has 0 radical (unpaired) electrons. The third-order valence-electron chi connectivity index (χ3n) is 1.93. The Bertz CT molecular complexity index is 509. The molecule has 16 heavy (non-hydrogen) atoms. The van der Waals surface area contributed by atoms with Gasteiger partial charge in [0, 0.05) is 18.6 Å². The Kier molecular flexibility index (Phi) is 2.50. The van der Waals surface area contributed by atoms with Crippen LogP contribution in [0.4, 0.5) is 5.82 Å². The number of hydrogen-bond acceptors (Lipinski definition) is 6. The molecule has 0 aliphatic heterocycles. The van der Waals surface area contributed by atoms with Crippen LogP contribution in [-0.4, -0.2) is 33.0 Å². The number of nitrogen functional groups attached to an aromatic ring is 1. The van der Waals surface area contributed by atoms with E-state index in [9.17, 15) is 4.79 Å². The molecule has 0 aliphatic rings. The lowest BCUT2D eigenvalue weighted by atomic mass is 10.3. The first-order chi connectivity index (χ1) is 7.72. The summed E-state index contributed by atoms with van der Waals surface area (Å²) in [5.41, 5.74) is 5.75. The molecule has 0 saturated heterocycles. The Hall–Kier alpha value is -2.44. The van der Waals surface area contributed by atoms with Crippen molar-refractivity contribution in [2.24, 2.45) is 0 Å². The number of anilines is 1. The van der Waals surface area contributed by atoms with Crippen LogP contribution in [0.25, 0.3) is 11.6 Å². The van der Waals surface area contributed by atoms with Crippen LogP contribution >= 0.6 is 0 Å². The summed E-state index contributed by atoms with van der Waals surface area (Å²) in [6, 6.07) is 0. The molecule has 2 rings (SSSR count). The van der Waals surface area contributed by atoms with Gasteiger partial charge < -0.3 is 15.5 Å². The summed E-state index contributed by atoms with van der Waals surface area (Å²) >= 11 is 0. The molecular weight excluding hydrogens is 210 g/mol. The largest absolute Gasteiger partial charge is 0.465 e. The first-order valence-corrected chi connectivity index (χ1v) is 4.43. The number of nitrogens with two attached hydrogens (primary N) is 1. The van der Waals surface area contributed by atoms with E-state index >= 15 is 0 Å². The van der Waals surface area contributed by atoms with Gasteiger partial charge in [-0.15, -0.1) is 0 Å². The number of carbonyl (C=O) groups is 1. The van der Waals surface area contributed by atoms with Crippen molar-refractivity contribution in [3.63, 3.8) is 0 Å². The number of imidazole rings is 1. The molecule has 2 aromatic heterocycles. The van der Waals surface area contributed by atoms with E-state index in [1.807, 2.05) is 0 Å². The van der Waals surface area contributed by atoms with Crippen molar-refractivity contribution in [1.82, 2.24) is 19.9 Å². The smallest absolute Gasteiger partial charge is 0.343 e. The molecule has 0 bridgehead atoms. The van der Waals surface area contributed by atoms with E-state index in [-0.39, 0.29) is 11.4 Å². The van der Waals surface area contributed by atoms with Crippen molar-refractivity contribution < 1.29 is 9.53 Å². The van der Waals surface area contributed by atoms with Crippen LogP contribution in [0.5, 0.6) is 0 Å². The van der Waals surface area contributed by atoms with Gasteiger partial charge in [-0.1, -0.05) is 0 Å². The molecule has 7 nitrogen and oxygen atoms in total. The summed E-state index contributed by atoms with van der Waals surface area (Å²) in [7, 11) is 1.27. The molecular formula is C9H9N5O2. The van der Waals surface area contributed by atoms with Crippen LogP contribution in [0.2, 0.25) is 0 Å². The molecule has 0 atom stereocenters. The van der Waals surface area contributed by atoms with Gasteiger partial charge >= 0.3 is 5.97 Å². The summed E-state index contributed by atoms with van der Waals surface area (Å²) in [4.78, 5) is 26.0. The van der Waals surface area contributed by atoms with E-state index in [0.717, 1.165) is 0 Å². The zero-order valence-electron chi connectivity index (χ0n) is 8.47. The minimum absolute atomic E-state index is 0.0632. The van der Waals surface area contributed by atoms with Gasteiger partial charge in [-0.05, 0) is 0 Å². The van der Waals surface area contributed by atoms with Crippen LogP contribution in [0, 0.1) is 0 Å². The summed E-state index contributed by atoms with van der Waals surface area (Å²) in [6.07, 6.45) is 4.53. The number of H-pyrrole nitrogens is 1. The summed E-state index contributed by atoms with van der Waals surface area (Å²) < 4.78 is 4.53. The minimum atomic E-state index is -0.566. The Morgan fingerprint density at radius 1 is 1.50 bits per heavy atom. The number of rotatable bonds is 2. The Labute approximate surface area is 90.7 Å². The predicted octanol–water partition coefficient (Wildman–Crippen LogP) is 0.235. The van der Waals surface area contributed by atoms with Crippen molar-refractivity contribution in [3.05, 3.63) is 24.2 Å². The molecule has 7 heteroatoms. The lowest BCUT2D eigenvalue weighted by Crippen LogP contribution is -2.09. The molecule has 0 unspecified atom stereocenters. The number of ether oxygens (including phenoxy) is 1. The second-order valence-electron chi connectivity index (χ2n) is 2.92. The monoisotopic (exact) mass is 219 g/mol. The van der Waals surface area contributed by atoms with Crippen LogP contribution in [-0.2, 0) is 4.74 Å². The molecule has 0 saturated carbocycles. The Morgan fingerprint density at radius 3 is 2.88 bits per heavy atom. The Morgan fingerprint density at radius 2 is 2.31 bits per heavy atom. The molecule has 0 aliphatic carbocycles. The molecule has 82 valence electrons. The fourth-order valence-electron chi connectivity index (χ4n) is 1.16. The highest BCUT2D eigenvalue weighted by Crippen LogP contribution is 2.14. The van der Waals surface area contributed by atoms with Crippen molar-refractivity contribution >= 4 is 11.8 Å². The number of methoxy groups -OCH3 is 1. The average Bonchev–Trinajstić information content (AvgIpc) is 2.81. The lowest BCUT2D eigenvalue weighted by Gasteiger charge is -2.03. The maximum Gasteiger partial charge on any atom is 0.343 e. The molecule has 2 aromatic rings. The average molecular weight is 219 g/mol. The van der Waals surface area contributed by atoms with Gasteiger partial charge in [0.15, 0.2) is 11.6 Å². The highest BCUT2D eigenvalue weighted by atomic mass is 16.5. The summed E-state index contributed by atoms with van der Waals surface area (Å²) in [5, 5.41) is 0. The summed E-state index contributed by atoms with van der Waals surface area (Å²) in [6.45, 7) is 0. The normalized spacial score (nSPS) is 10.1. The second kappa shape index (κ2) is 3.97. The number of carbonyl (C=O) groups excluding carboxylic acids is 1. The Balaban J connectivity index is 2.41. The van der Waals surface area contributed by atoms with Gasteiger partial charge in [0.1, 0.15) is 11.4 Å². The number of esters is 1. The first-order valence-electron chi connectivity index (χ1n) is 4.43. The predicted molar refractivity (Wildman–Crippen MR) is 55.4 cm³/mol. The van der Waals surface area contributed by atoms with Crippen molar-refractivity contribution in [2.45, 2.75) is 0 Å². The molecule has 0 amide bonds. The van der Waals surface area contributed by atoms with Gasteiger partial charge in [-0.2, -0.15) is 0 Å². The van der Waals surface area contributed by atoms with Gasteiger partial charge in [-0.25, -0.2) is 19.7 Å². The fraction of sp³-hybridized carbons (Fsp3) is 0.111. The third-order valence-corrected chi connectivity index (χ3v) is 1.93. The third kappa shape index (κ3) is 1.70. The lowest BCUT2D eigenvalue weighted by molar-refractivity contribution is 0.0601. The van der Waals surface area contributed by atoms with E-state index in [4.69, 9.17) is 5.73 Å². The van der Waals surface area contributed by atoms with Crippen LogP contribution in [0.15, 0.2) is 18.6 Å². The summed E-state index contributed by atoms with van der Waals surface area (Å²) in [5.74, 6) is 0.315. The molecule has 0 spiro atoms. The number of aromatic nitrogens is 4. The van der Waals surface area contributed by atoms with Crippen molar-refractivity contribution in [1.29, 1.82) is 0 Å². The SMILES string of the molecule is COC(=O)c1cnc(-c2ncc[nH]2)nc1N. The zero-order valence-corrected chi connectivity index (χ0v) is 8.47. The highest BCUT2D eigenvalue weighted by molar-refractivity contribution is 5.93. The molecule has 2 heterocycles. The van der Waals surface area contributed by atoms with Gasteiger partial charge in [0.25, 0.3) is 0 Å². The number of nitrogens with zero attached hydrogens (tertiary/aromatic N) is 3. The quantitative estimate of drug-likeness (QED) is 0.700. The van der Waals surface area contributed by atoms with Crippen LogP contribution < -0.4 is 5.73 Å². The standard InChI is InChI=1S/C9H9N5O2/c1-16-9(15)5-4-13-8(14-6(5)10)7-11-2-3-12-7/h2-4H,1H3,(H,11,12)(H2,10,13,14). The van der Waals surface area contributed by atoms with Gasteiger partial charge in [0.2, 0.25) is 0 Å². The van der Waals surface area contributed by atoms with Gasteiger partial charge in [-0.3, -0.25) is 0 Å². The molecule has 3 N–H and O–H groups in total. The van der Waals surface area contributed by atoms with E-state index in [0.29, 0.717) is 11.6 Å². The van der Waals surface area contributed by atoms with E-state index in [2.05, 4.69) is 24.7 Å². The van der Waals surface area contributed by atoms with Crippen molar-refractivity contribution in [2.75, 3.05) is 12.8 Å². The zero-order chi connectivity index (χ0) is 11.5. The number of nitrogens with one attached hydrogen (secondary N) is 1. The minimum Gasteiger partial charge on any atom is -0.465 e. The van der Waals surface area contributed by atoms with E-state index in [1.165, 1.54) is 13.3 Å². The highest BCUT2D eigenvalue weighted by Gasteiger charge is 2.14. The van der Waals surface area contributed by atoms with Crippen LogP contribution in [0.3, 0.4) is 0 Å². The maximum absolute atomic E-state index is 11.2.